The lowest BCUT2D eigenvalue weighted by Crippen LogP contribution is -1.97. The van der Waals surface area contributed by atoms with Crippen LogP contribution in [0.2, 0.25) is 0 Å². The molecule has 3 nitrogen and oxygen atoms in total. The standard InChI is InChI=1S/C13H16N2O/c1-10-9-12(5-3-2-4-8-16)15-13(14-10)11-6-7-11/h9,11,16H,2,4,6-8H2,1H3. The molecule has 1 N–H and O–H groups in total. The van der Waals surface area contributed by atoms with Gasteiger partial charge in [0, 0.05) is 24.6 Å². The van der Waals surface area contributed by atoms with Gasteiger partial charge in [-0.3, -0.25) is 0 Å². The SMILES string of the molecule is Cc1cc(C#CCCCO)nc(C2CC2)n1. The predicted octanol–water partition coefficient (Wildman–Crippen LogP) is 1.79. The number of aromatic nitrogens is 2. The van der Waals surface area contributed by atoms with Gasteiger partial charge in [0.2, 0.25) is 0 Å². The second-order valence-electron chi connectivity index (χ2n) is 4.16. The lowest BCUT2D eigenvalue weighted by atomic mass is 10.2. The Bertz CT molecular complexity index is 427. The van der Waals surface area contributed by atoms with Gasteiger partial charge < -0.3 is 5.11 Å². The lowest BCUT2D eigenvalue weighted by molar-refractivity contribution is 0.290. The molecule has 84 valence electrons. The summed E-state index contributed by atoms with van der Waals surface area (Å²) in [6.45, 7) is 2.18. The topological polar surface area (TPSA) is 46.0 Å². The summed E-state index contributed by atoms with van der Waals surface area (Å²) in [6.07, 6.45) is 3.87. The van der Waals surface area contributed by atoms with Crippen LogP contribution in [0.15, 0.2) is 6.07 Å². The fraction of sp³-hybridized carbons (Fsp3) is 0.538. The third-order valence-electron chi connectivity index (χ3n) is 2.49. The highest BCUT2D eigenvalue weighted by molar-refractivity contribution is 5.29. The van der Waals surface area contributed by atoms with Crippen LogP contribution in [0.25, 0.3) is 0 Å². The van der Waals surface area contributed by atoms with E-state index in [4.69, 9.17) is 5.11 Å². The molecule has 1 aromatic heterocycles. The minimum atomic E-state index is 0.199. The zero-order chi connectivity index (χ0) is 11.4. The van der Waals surface area contributed by atoms with E-state index in [0.717, 1.165) is 30.1 Å². The number of unbranched alkanes of at least 4 members (excludes halogenated alkanes) is 1. The molecule has 0 unspecified atom stereocenters. The van der Waals surface area contributed by atoms with E-state index in [1.54, 1.807) is 0 Å². The van der Waals surface area contributed by atoms with Crippen LogP contribution in [-0.2, 0) is 0 Å². The molecule has 1 aromatic rings. The van der Waals surface area contributed by atoms with Gasteiger partial charge in [0.1, 0.15) is 11.5 Å². The van der Waals surface area contributed by atoms with Gasteiger partial charge in [-0.25, -0.2) is 9.97 Å². The number of aliphatic hydroxyl groups is 1. The first-order valence-corrected chi connectivity index (χ1v) is 5.75. The van der Waals surface area contributed by atoms with E-state index in [0.29, 0.717) is 5.92 Å². The van der Waals surface area contributed by atoms with Crippen molar-refractivity contribution in [3.63, 3.8) is 0 Å². The highest BCUT2D eigenvalue weighted by Crippen LogP contribution is 2.37. The van der Waals surface area contributed by atoms with E-state index in [2.05, 4.69) is 21.8 Å². The Hall–Kier alpha value is -1.40. The smallest absolute Gasteiger partial charge is 0.133 e. The first-order chi connectivity index (χ1) is 7.79. The van der Waals surface area contributed by atoms with Crippen molar-refractivity contribution in [3.05, 3.63) is 23.3 Å². The Kier molecular flexibility index (Phi) is 3.53. The van der Waals surface area contributed by atoms with Crippen molar-refractivity contribution >= 4 is 0 Å². The Morgan fingerprint density at radius 3 is 2.94 bits per heavy atom. The second-order valence-corrected chi connectivity index (χ2v) is 4.16. The molecule has 0 aliphatic heterocycles. The number of aliphatic hydroxyl groups excluding tert-OH is 1. The summed E-state index contributed by atoms with van der Waals surface area (Å²) in [4.78, 5) is 8.87. The fourth-order valence-corrected chi connectivity index (χ4v) is 1.50. The number of rotatable bonds is 3. The molecule has 16 heavy (non-hydrogen) atoms. The molecule has 0 bridgehead atoms. The third-order valence-corrected chi connectivity index (χ3v) is 2.49. The van der Waals surface area contributed by atoms with Crippen LogP contribution in [-0.4, -0.2) is 21.7 Å². The monoisotopic (exact) mass is 216 g/mol. The van der Waals surface area contributed by atoms with E-state index < -0.39 is 0 Å². The van der Waals surface area contributed by atoms with Crippen molar-refractivity contribution in [1.29, 1.82) is 0 Å². The van der Waals surface area contributed by atoms with Crippen molar-refractivity contribution in [2.45, 2.75) is 38.5 Å². The Labute approximate surface area is 95.9 Å². The number of hydrogen-bond acceptors (Lipinski definition) is 3. The fourth-order valence-electron chi connectivity index (χ4n) is 1.50. The maximum atomic E-state index is 8.64. The van der Waals surface area contributed by atoms with Gasteiger partial charge in [0.05, 0.1) is 0 Å². The molecule has 1 aliphatic carbocycles. The molecule has 3 heteroatoms. The predicted molar refractivity (Wildman–Crippen MR) is 61.9 cm³/mol. The van der Waals surface area contributed by atoms with Gasteiger partial charge in [-0.05, 0) is 38.2 Å². The quantitative estimate of drug-likeness (QED) is 0.619. The summed E-state index contributed by atoms with van der Waals surface area (Å²) in [5.74, 6) is 7.57. The van der Waals surface area contributed by atoms with Crippen molar-refractivity contribution in [1.82, 2.24) is 9.97 Å². The molecular formula is C13H16N2O. The first-order valence-electron chi connectivity index (χ1n) is 5.75. The average molecular weight is 216 g/mol. The van der Waals surface area contributed by atoms with Crippen LogP contribution in [0.4, 0.5) is 0 Å². The van der Waals surface area contributed by atoms with Gasteiger partial charge in [0.25, 0.3) is 0 Å². The lowest BCUT2D eigenvalue weighted by Gasteiger charge is -1.99. The summed E-state index contributed by atoms with van der Waals surface area (Å²) in [5, 5.41) is 8.64. The normalized spacial score (nSPS) is 14.4. The van der Waals surface area contributed by atoms with Crippen molar-refractivity contribution in [3.8, 4) is 11.8 Å². The molecule has 0 atom stereocenters. The number of hydrogen-bond donors (Lipinski definition) is 1. The molecule has 1 saturated carbocycles. The van der Waals surface area contributed by atoms with Gasteiger partial charge in [-0.1, -0.05) is 5.92 Å². The minimum absolute atomic E-state index is 0.199. The number of nitrogens with zero attached hydrogens (tertiary/aromatic N) is 2. The molecule has 1 fully saturated rings. The Morgan fingerprint density at radius 1 is 1.44 bits per heavy atom. The van der Waals surface area contributed by atoms with E-state index in [1.165, 1.54) is 12.8 Å². The molecule has 0 amide bonds. The molecular weight excluding hydrogens is 200 g/mol. The summed E-state index contributed by atoms with van der Waals surface area (Å²) in [6, 6.07) is 1.91. The molecule has 1 heterocycles. The molecule has 0 radical (unpaired) electrons. The molecule has 2 rings (SSSR count). The van der Waals surface area contributed by atoms with Crippen LogP contribution in [0, 0.1) is 18.8 Å². The van der Waals surface area contributed by atoms with Crippen molar-refractivity contribution in [2.24, 2.45) is 0 Å². The van der Waals surface area contributed by atoms with Crippen molar-refractivity contribution in [2.75, 3.05) is 6.61 Å². The zero-order valence-electron chi connectivity index (χ0n) is 9.53. The maximum Gasteiger partial charge on any atom is 0.133 e. The highest BCUT2D eigenvalue weighted by Gasteiger charge is 2.26. The van der Waals surface area contributed by atoms with Crippen molar-refractivity contribution < 1.29 is 5.11 Å². The van der Waals surface area contributed by atoms with Gasteiger partial charge in [-0.2, -0.15) is 0 Å². The molecule has 0 aromatic carbocycles. The highest BCUT2D eigenvalue weighted by atomic mass is 16.2. The summed E-state index contributed by atoms with van der Waals surface area (Å²) >= 11 is 0. The molecule has 0 spiro atoms. The van der Waals surface area contributed by atoms with Crippen LogP contribution in [0.1, 0.15) is 48.8 Å². The van der Waals surface area contributed by atoms with Crippen LogP contribution in [0.3, 0.4) is 0 Å². The average Bonchev–Trinajstić information content (AvgIpc) is 3.07. The Balaban J connectivity index is 2.09. The van der Waals surface area contributed by atoms with Crippen LogP contribution >= 0.6 is 0 Å². The zero-order valence-corrected chi connectivity index (χ0v) is 9.53. The van der Waals surface area contributed by atoms with Crippen LogP contribution in [0.5, 0.6) is 0 Å². The number of aryl methyl sites for hydroxylation is 1. The van der Waals surface area contributed by atoms with E-state index in [-0.39, 0.29) is 6.61 Å². The maximum absolute atomic E-state index is 8.64. The largest absolute Gasteiger partial charge is 0.396 e. The summed E-state index contributed by atoms with van der Waals surface area (Å²) in [5.41, 5.74) is 1.80. The summed E-state index contributed by atoms with van der Waals surface area (Å²) < 4.78 is 0. The molecule has 0 saturated heterocycles. The third kappa shape index (κ3) is 3.04. The summed E-state index contributed by atoms with van der Waals surface area (Å²) in [7, 11) is 0. The molecule has 1 aliphatic rings. The first kappa shape index (κ1) is 11.1. The van der Waals surface area contributed by atoms with Gasteiger partial charge >= 0.3 is 0 Å². The van der Waals surface area contributed by atoms with Gasteiger partial charge in [0.15, 0.2) is 0 Å². The second kappa shape index (κ2) is 5.09. The van der Waals surface area contributed by atoms with E-state index >= 15 is 0 Å². The van der Waals surface area contributed by atoms with Gasteiger partial charge in [-0.15, -0.1) is 0 Å². The minimum Gasteiger partial charge on any atom is -0.396 e. The Morgan fingerprint density at radius 2 is 2.25 bits per heavy atom. The van der Waals surface area contributed by atoms with Crippen LogP contribution < -0.4 is 0 Å². The van der Waals surface area contributed by atoms with E-state index in [1.807, 2.05) is 13.0 Å². The van der Waals surface area contributed by atoms with E-state index in [9.17, 15) is 0 Å².